The van der Waals surface area contributed by atoms with Crippen LogP contribution in [-0.2, 0) is 21.1 Å². The number of fused-ring (bicyclic) bond motifs is 6. The summed E-state index contributed by atoms with van der Waals surface area (Å²) in [6, 6.07) is 7.53. The van der Waals surface area contributed by atoms with Gasteiger partial charge in [0.25, 0.3) is 0 Å². The molecule has 2 aliphatic rings. The molecule has 2 bridgehead atoms. The predicted molar refractivity (Wildman–Crippen MR) is 147 cm³/mol. The molecule has 1 aromatic carbocycles. The van der Waals surface area contributed by atoms with Gasteiger partial charge in [-0.05, 0) is 43.4 Å². The Balaban J connectivity index is 1.48. The molecular formula is C28H29N9O. The monoisotopic (exact) mass is 507 g/mol. The van der Waals surface area contributed by atoms with Crippen molar-refractivity contribution in [1.82, 2.24) is 44.0 Å². The molecule has 0 saturated carbocycles. The molecule has 7 heterocycles. The van der Waals surface area contributed by atoms with E-state index in [9.17, 15) is 4.79 Å². The van der Waals surface area contributed by atoms with Crippen molar-refractivity contribution in [3.8, 4) is 22.4 Å². The van der Waals surface area contributed by atoms with E-state index in [0.29, 0.717) is 12.1 Å². The van der Waals surface area contributed by atoms with E-state index in [0.717, 1.165) is 68.2 Å². The largest absolute Gasteiger partial charge is 0.339 e. The average Bonchev–Trinajstić information content (AvgIpc) is 3.72. The number of hydrogen-bond donors (Lipinski definition) is 2. The van der Waals surface area contributed by atoms with Crippen molar-refractivity contribution in [2.24, 2.45) is 21.1 Å². The minimum absolute atomic E-state index is 0.0263. The molecular weight excluding hydrogens is 478 g/mol. The first-order chi connectivity index (χ1) is 18.5. The minimum Gasteiger partial charge on any atom is -0.339 e. The number of aromatic nitrogens is 8. The summed E-state index contributed by atoms with van der Waals surface area (Å²) in [5.41, 5.74) is 7.70. The van der Waals surface area contributed by atoms with Crippen LogP contribution in [0.1, 0.15) is 31.7 Å². The molecule has 2 unspecified atom stereocenters. The highest BCUT2D eigenvalue weighted by Crippen LogP contribution is 2.43. The number of hydrogen-bond acceptors (Lipinski definition) is 5. The van der Waals surface area contributed by atoms with E-state index in [1.807, 2.05) is 50.6 Å². The number of H-pyrrole nitrogens is 1. The van der Waals surface area contributed by atoms with Crippen LogP contribution in [0, 0.1) is 0 Å². The van der Waals surface area contributed by atoms with Crippen LogP contribution in [0.3, 0.4) is 0 Å². The first-order valence-electron chi connectivity index (χ1n) is 13.2. The Morgan fingerprint density at radius 3 is 2.53 bits per heavy atom. The van der Waals surface area contributed by atoms with Gasteiger partial charge < -0.3 is 10.3 Å². The van der Waals surface area contributed by atoms with Crippen molar-refractivity contribution in [1.29, 1.82) is 0 Å². The second-order valence-electron chi connectivity index (χ2n) is 11.0. The van der Waals surface area contributed by atoms with Crippen LogP contribution in [0.25, 0.3) is 55.4 Å². The van der Waals surface area contributed by atoms with Gasteiger partial charge in [0, 0.05) is 62.0 Å². The van der Waals surface area contributed by atoms with Crippen molar-refractivity contribution in [2.45, 2.75) is 43.8 Å². The molecule has 10 heteroatoms. The third kappa shape index (κ3) is 2.97. The predicted octanol–water partition coefficient (Wildman–Crippen LogP) is 3.63. The van der Waals surface area contributed by atoms with Crippen molar-refractivity contribution in [3.05, 3.63) is 53.5 Å². The van der Waals surface area contributed by atoms with Gasteiger partial charge in [-0.25, -0.2) is 9.78 Å². The molecule has 10 nitrogen and oxygen atoms in total. The lowest BCUT2D eigenvalue weighted by Crippen LogP contribution is -2.41. The zero-order valence-corrected chi connectivity index (χ0v) is 21.6. The maximum absolute atomic E-state index is 13.8. The van der Waals surface area contributed by atoms with Crippen molar-refractivity contribution < 1.29 is 0 Å². The van der Waals surface area contributed by atoms with E-state index in [1.165, 1.54) is 12.8 Å². The quantitative estimate of drug-likeness (QED) is 0.381. The number of nitrogens with one attached hydrogen (secondary N) is 2. The van der Waals surface area contributed by atoms with Gasteiger partial charge in [0.15, 0.2) is 0 Å². The standard InChI is InChI=1S/C28H29N9O/c1-34-14-17(12-30-34)25-23(15-4-7-21-16(8-15)11-31-36(21)3)24-26-22(13-29-27(24)33-25)35(2)28(38)37(26)20-9-18-5-6-19(10-20)32-18/h4,7-8,11-14,18-20,32H,5-6,9-10H2,1-3H3,(H,29,33)/t18-,19?,20?/m0/s1. The van der Waals surface area contributed by atoms with Crippen LogP contribution in [0.4, 0.5) is 0 Å². The average molecular weight is 508 g/mol. The first-order valence-corrected chi connectivity index (χ1v) is 13.2. The number of aryl methyl sites for hydroxylation is 3. The number of nitrogens with zero attached hydrogens (tertiary/aromatic N) is 7. The van der Waals surface area contributed by atoms with Gasteiger partial charge in [-0.1, -0.05) is 6.07 Å². The van der Waals surface area contributed by atoms with Gasteiger partial charge in [-0.3, -0.25) is 18.5 Å². The molecule has 0 spiro atoms. The third-order valence-electron chi connectivity index (χ3n) is 8.71. The molecule has 0 amide bonds. The van der Waals surface area contributed by atoms with Gasteiger partial charge in [-0.15, -0.1) is 0 Å². The van der Waals surface area contributed by atoms with Crippen molar-refractivity contribution in [2.75, 3.05) is 0 Å². The van der Waals surface area contributed by atoms with Gasteiger partial charge >= 0.3 is 5.69 Å². The van der Waals surface area contributed by atoms with E-state index in [-0.39, 0.29) is 11.7 Å². The van der Waals surface area contributed by atoms with Gasteiger partial charge in [-0.2, -0.15) is 10.2 Å². The minimum atomic E-state index is 0.0263. The topological polar surface area (TPSA) is 103 Å². The molecule has 8 rings (SSSR count). The Labute approximate surface area is 217 Å². The fourth-order valence-electron chi connectivity index (χ4n) is 6.93. The molecule has 2 aliphatic heterocycles. The second kappa shape index (κ2) is 7.67. The Morgan fingerprint density at radius 2 is 1.76 bits per heavy atom. The highest BCUT2D eigenvalue weighted by atomic mass is 16.1. The van der Waals surface area contributed by atoms with Gasteiger partial charge in [0.1, 0.15) is 5.65 Å². The van der Waals surface area contributed by atoms with Crippen LogP contribution >= 0.6 is 0 Å². The molecule has 0 radical (unpaired) electrons. The fraction of sp³-hybridized carbons (Fsp3) is 0.357. The molecule has 2 N–H and O–H groups in total. The molecule has 2 fully saturated rings. The summed E-state index contributed by atoms with van der Waals surface area (Å²) < 4.78 is 7.52. The summed E-state index contributed by atoms with van der Waals surface area (Å²) in [5.74, 6) is 0. The smallest absolute Gasteiger partial charge is 0.329 e. The molecule has 6 aromatic rings. The Morgan fingerprint density at radius 1 is 0.947 bits per heavy atom. The summed E-state index contributed by atoms with van der Waals surface area (Å²) in [4.78, 5) is 22.3. The third-order valence-corrected chi connectivity index (χ3v) is 8.71. The Hall–Kier alpha value is -4.18. The fourth-order valence-corrected chi connectivity index (χ4v) is 6.93. The molecule has 0 aliphatic carbocycles. The van der Waals surface area contributed by atoms with E-state index >= 15 is 0 Å². The van der Waals surface area contributed by atoms with Crippen LogP contribution in [0.2, 0.25) is 0 Å². The van der Waals surface area contributed by atoms with Crippen molar-refractivity contribution >= 4 is 33.0 Å². The van der Waals surface area contributed by atoms with E-state index in [4.69, 9.17) is 4.98 Å². The summed E-state index contributed by atoms with van der Waals surface area (Å²) >= 11 is 0. The lowest BCUT2D eigenvalue weighted by Gasteiger charge is -2.30. The second-order valence-corrected chi connectivity index (χ2v) is 11.0. The molecule has 3 atom stereocenters. The number of piperidine rings is 1. The normalized spacial score (nSPS) is 21.4. The maximum atomic E-state index is 13.8. The zero-order valence-electron chi connectivity index (χ0n) is 21.6. The number of imidazole rings is 1. The van der Waals surface area contributed by atoms with Crippen LogP contribution in [0.15, 0.2) is 47.8 Å². The summed E-state index contributed by atoms with van der Waals surface area (Å²) in [6.07, 6.45) is 11.9. The lowest BCUT2D eigenvalue weighted by molar-refractivity contribution is 0.298. The van der Waals surface area contributed by atoms with Gasteiger partial charge in [0.2, 0.25) is 0 Å². The first kappa shape index (κ1) is 21.9. The van der Waals surface area contributed by atoms with E-state index < -0.39 is 0 Å². The lowest BCUT2D eigenvalue weighted by atomic mass is 9.97. The van der Waals surface area contributed by atoms with E-state index in [2.05, 4.69) is 43.3 Å². The number of aromatic amines is 1. The maximum Gasteiger partial charge on any atom is 0.329 e. The molecule has 5 aromatic heterocycles. The number of benzene rings is 1. The SMILES string of the molecule is Cn1cc(-c2[nH]c3ncc4c(c3c2-c2ccc3c(cnn3C)c2)n(C2CC3CC[C@@H](C2)N3)c(=O)n4C)cn1. The number of pyridine rings is 1. The Bertz CT molecular complexity index is 1940. The van der Waals surface area contributed by atoms with Crippen LogP contribution < -0.4 is 11.0 Å². The Kier molecular flexibility index (Phi) is 4.41. The van der Waals surface area contributed by atoms with Crippen LogP contribution in [0.5, 0.6) is 0 Å². The van der Waals surface area contributed by atoms with Crippen molar-refractivity contribution in [3.63, 3.8) is 0 Å². The van der Waals surface area contributed by atoms with E-state index in [1.54, 1.807) is 9.25 Å². The zero-order chi connectivity index (χ0) is 25.7. The number of rotatable bonds is 3. The highest BCUT2D eigenvalue weighted by Gasteiger charge is 2.36. The van der Waals surface area contributed by atoms with Crippen LogP contribution in [-0.4, -0.2) is 50.7 Å². The molecule has 38 heavy (non-hydrogen) atoms. The highest BCUT2D eigenvalue weighted by molar-refractivity contribution is 6.14. The summed E-state index contributed by atoms with van der Waals surface area (Å²) in [7, 11) is 5.74. The van der Waals surface area contributed by atoms with Gasteiger partial charge in [0.05, 0.1) is 46.2 Å². The summed E-state index contributed by atoms with van der Waals surface area (Å²) in [5, 5.41) is 14.7. The summed E-state index contributed by atoms with van der Waals surface area (Å²) in [6.45, 7) is 0. The molecule has 2 saturated heterocycles. The molecule has 192 valence electrons.